The molecule has 2 amide bonds. The van der Waals surface area contributed by atoms with E-state index in [1.54, 1.807) is 36.4 Å². The van der Waals surface area contributed by atoms with Gasteiger partial charge in [-0.3, -0.25) is 9.59 Å². The van der Waals surface area contributed by atoms with Gasteiger partial charge in [-0.15, -0.1) is 11.8 Å². The number of carbonyl (C=O) groups excluding carboxylic acids is 2. The van der Waals surface area contributed by atoms with Crippen molar-refractivity contribution in [2.24, 2.45) is 0 Å². The van der Waals surface area contributed by atoms with Crippen LogP contribution in [-0.4, -0.2) is 39.3 Å². The summed E-state index contributed by atoms with van der Waals surface area (Å²) in [6.07, 6.45) is -10.0. The molecule has 1 heterocycles. The maximum atomic E-state index is 13.9. The van der Waals surface area contributed by atoms with E-state index in [0.717, 1.165) is 28.3 Å². The summed E-state index contributed by atoms with van der Waals surface area (Å²) < 4.78 is 80.0. The number of aryl methyl sites for hydroxylation is 1. The van der Waals surface area contributed by atoms with Gasteiger partial charge in [-0.2, -0.15) is 26.3 Å². The highest BCUT2D eigenvalue weighted by atomic mass is 127. The van der Waals surface area contributed by atoms with E-state index in [-0.39, 0.29) is 12.2 Å². The van der Waals surface area contributed by atoms with Gasteiger partial charge in [0.2, 0.25) is 11.8 Å². The highest BCUT2D eigenvalue weighted by Crippen LogP contribution is 2.54. The van der Waals surface area contributed by atoms with Gasteiger partial charge in [0.25, 0.3) is 0 Å². The van der Waals surface area contributed by atoms with Gasteiger partial charge in [-0.25, -0.2) is 0 Å². The maximum Gasteiger partial charge on any atom is 0.416 e. The number of rotatable bonds is 8. The molecule has 5 nitrogen and oxygen atoms in total. The van der Waals surface area contributed by atoms with Gasteiger partial charge in [0.05, 0.1) is 24.6 Å². The second kappa shape index (κ2) is 12.4. The highest BCUT2D eigenvalue weighted by Gasteiger charge is 2.59. The Morgan fingerprint density at radius 3 is 2.33 bits per heavy atom. The maximum absolute atomic E-state index is 13.9. The van der Waals surface area contributed by atoms with E-state index >= 15 is 0 Å². The van der Waals surface area contributed by atoms with Crippen LogP contribution in [0.25, 0.3) is 0 Å². The van der Waals surface area contributed by atoms with E-state index in [0.29, 0.717) is 19.6 Å². The third kappa shape index (κ3) is 7.05. The second-order valence-corrected chi connectivity index (χ2v) is 12.4. The normalized spacial score (nSPS) is 19.3. The molecule has 1 fully saturated rings. The van der Waals surface area contributed by atoms with Crippen LogP contribution in [-0.2, 0) is 28.9 Å². The zero-order valence-corrected chi connectivity index (χ0v) is 25.0. The number of likely N-dealkylation sites (tertiary alicyclic amines) is 1. The Morgan fingerprint density at radius 2 is 1.74 bits per heavy atom. The lowest BCUT2D eigenvalue weighted by molar-refractivity contribution is -0.140. The van der Waals surface area contributed by atoms with Crippen LogP contribution < -0.4 is 5.32 Å². The van der Waals surface area contributed by atoms with Crippen LogP contribution in [0.3, 0.4) is 0 Å². The summed E-state index contributed by atoms with van der Waals surface area (Å²) in [5.41, 5.74) is 0.544. The van der Waals surface area contributed by atoms with E-state index in [1.807, 2.05) is 34.8 Å². The third-order valence-corrected chi connectivity index (χ3v) is 9.21. The van der Waals surface area contributed by atoms with Gasteiger partial charge in [0.15, 0.2) is 0 Å². The number of thioether (sulfide) groups is 1. The number of carbonyl (C=O) groups is 2. The molecule has 0 aliphatic carbocycles. The molecule has 224 valence electrons. The molecule has 0 saturated carbocycles. The van der Waals surface area contributed by atoms with Crippen molar-refractivity contribution in [1.82, 2.24) is 10.2 Å². The molecule has 13 heteroatoms. The van der Waals surface area contributed by atoms with Crippen molar-refractivity contribution < 1.29 is 41.0 Å². The van der Waals surface area contributed by atoms with Gasteiger partial charge in [-0.05, 0) is 70.5 Å². The first-order chi connectivity index (χ1) is 19.6. The van der Waals surface area contributed by atoms with E-state index < -0.39 is 60.0 Å². The summed E-state index contributed by atoms with van der Waals surface area (Å²) in [5, 5.41) is 11.6. The van der Waals surface area contributed by atoms with Crippen molar-refractivity contribution in [2.45, 2.75) is 54.5 Å². The molecule has 0 spiro atoms. The zero-order chi connectivity index (χ0) is 30.9. The van der Waals surface area contributed by atoms with Gasteiger partial charge in [-0.1, -0.05) is 48.0 Å². The second-order valence-electron chi connectivity index (χ2n) is 9.87. The topological polar surface area (TPSA) is 69.6 Å². The molecule has 1 aliphatic heterocycles. The number of aliphatic hydroxyl groups is 1. The minimum Gasteiger partial charge on any atom is -0.392 e. The standard InChI is InChI=1S/C29H25F6IN2O3S/c1-17-6-9-20(10-7-17)42-27(26(41)37-16-28(30,31)32)13-24(40)38(14-19-4-2-3-5-22(19)29(33,34)35)25(27)21-11-8-18(15-39)12-23(21)36/h2-12,25,39H,13-16H2,1H3,(H,37,41)/t25-,27-/m1/s1. The molecule has 42 heavy (non-hydrogen) atoms. The quantitative estimate of drug-likeness (QED) is 0.199. The minimum absolute atomic E-state index is 0.225. The SMILES string of the molecule is Cc1ccc(S[C@]2(C(=O)NCC(F)(F)F)CC(=O)N(Cc3ccccc3C(F)(F)F)[C@@H]2c2ccc(CO)cc2I)cc1. The average molecular weight is 722 g/mol. The van der Waals surface area contributed by atoms with Crippen molar-refractivity contribution in [3.05, 3.63) is 98.1 Å². The Balaban J connectivity index is 1.91. The summed E-state index contributed by atoms with van der Waals surface area (Å²) in [6, 6.07) is 15.0. The number of aliphatic hydroxyl groups excluding tert-OH is 1. The van der Waals surface area contributed by atoms with Gasteiger partial charge in [0.1, 0.15) is 11.3 Å². The lowest BCUT2D eigenvalue weighted by atomic mass is 9.90. The van der Waals surface area contributed by atoms with Gasteiger partial charge in [0, 0.05) is 15.0 Å². The molecule has 0 radical (unpaired) electrons. The van der Waals surface area contributed by atoms with Crippen LogP contribution in [0.1, 0.15) is 40.3 Å². The Kier molecular flexibility index (Phi) is 9.53. The summed E-state index contributed by atoms with van der Waals surface area (Å²) in [6.45, 7) is -0.689. The Labute approximate surface area is 255 Å². The van der Waals surface area contributed by atoms with E-state index in [1.165, 1.54) is 24.3 Å². The average Bonchev–Trinajstić information content (AvgIpc) is 3.19. The Bertz CT molecular complexity index is 1460. The molecule has 2 atom stereocenters. The minimum atomic E-state index is -4.74. The smallest absolute Gasteiger partial charge is 0.392 e. The van der Waals surface area contributed by atoms with Crippen LogP contribution in [0.2, 0.25) is 0 Å². The summed E-state index contributed by atoms with van der Waals surface area (Å²) in [4.78, 5) is 29.2. The van der Waals surface area contributed by atoms with E-state index in [2.05, 4.69) is 0 Å². The predicted octanol–water partition coefficient (Wildman–Crippen LogP) is 6.79. The van der Waals surface area contributed by atoms with Gasteiger partial charge >= 0.3 is 12.4 Å². The van der Waals surface area contributed by atoms with Crippen molar-refractivity contribution in [3.63, 3.8) is 0 Å². The molecule has 2 N–H and O–H groups in total. The number of hydrogen-bond donors (Lipinski definition) is 2. The van der Waals surface area contributed by atoms with E-state index in [4.69, 9.17) is 0 Å². The number of benzene rings is 3. The monoisotopic (exact) mass is 722 g/mol. The summed E-state index contributed by atoms with van der Waals surface area (Å²) >= 11 is 2.82. The lowest BCUT2D eigenvalue weighted by Crippen LogP contribution is -2.50. The molecule has 1 aliphatic rings. The van der Waals surface area contributed by atoms with Crippen molar-refractivity contribution in [1.29, 1.82) is 0 Å². The molecular formula is C29H25F6IN2O3S. The van der Waals surface area contributed by atoms with Crippen molar-refractivity contribution >= 4 is 46.2 Å². The molecule has 3 aromatic carbocycles. The molecule has 0 aromatic heterocycles. The van der Waals surface area contributed by atoms with Crippen LogP contribution in [0.15, 0.2) is 71.6 Å². The first-order valence-corrected chi connectivity index (χ1v) is 14.5. The number of halogens is 7. The van der Waals surface area contributed by atoms with E-state index in [9.17, 15) is 41.0 Å². The largest absolute Gasteiger partial charge is 0.416 e. The number of hydrogen-bond acceptors (Lipinski definition) is 4. The molecule has 0 unspecified atom stereocenters. The predicted molar refractivity (Wildman–Crippen MR) is 153 cm³/mol. The van der Waals surface area contributed by atoms with Gasteiger partial charge < -0.3 is 15.3 Å². The molecule has 3 aromatic rings. The summed E-state index contributed by atoms with van der Waals surface area (Å²) in [5.74, 6) is -1.77. The molecule has 4 rings (SSSR count). The van der Waals surface area contributed by atoms with Crippen molar-refractivity contribution in [3.8, 4) is 0 Å². The molecule has 1 saturated heterocycles. The fraction of sp³-hybridized carbons (Fsp3) is 0.310. The van der Waals surface area contributed by atoms with Crippen LogP contribution >= 0.6 is 34.4 Å². The Morgan fingerprint density at radius 1 is 1.07 bits per heavy atom. The highest BCUT2D eigenvalue weighted by molar-refractivity contribution is 14.1. The lowest BCUT2D eigenvalue weighted by Gasteiger charge is -2.37. The van der Waals surface area contributed by atoms with Crippen LogP contribution in [0.4, 0.5) is 26.3 Å². The third-order valence-electron chi connectivity index (χ3n) is 6.85. The molecule has 0 bridgehead atoms. The number of alkyl halides is 6. The summed E-state index contributed by atoms with van der Waals surface area (Å²) in [7, 11) is 0. The van der Waals surface area contributed by atoms with Crippen LogP contribution in [0, 0.1) is 10.5 Å². The number of amides is 2. The Hall–Kier alpha value is -2.78. The van der Waals surface area contributed by atoms with Crippen molar-refractivity contribution in [2.75, 3.05) is 6.54 Å². The van der Waals surface area contributed by atoms with Crippen LogP contribution in [0.5, 0.6) is 0 Å². The first kappa shape index (κ1) is 32.1. The number of nitrogens with zero attached hydrogens (tertiary/aromatic N) is 1. The molecular weight excluding hydrogens is 697 g/mol. The first-order valence-electron chi connectivity index (χ1n) is 12.6. The fourth-order valence-corrected chi connectivity index (χ4v) is 7.21. The zero-order valence-electron chi connectivity index (χ0n) is 22.0. The number of nitrogens with one attached hydrogen (secondary N) is 1. The fourth-order valence-electron chi connectivity index (χ4n) is 4.92.